The molecule has 5 heteroatoms. The number of carbonyl (C=O) groups is 2. The van der Waals surface area contributed by atoms with Gasteiger partial charge in [0.15, 0.2) is 0 Å². The predicted molar refractivity (Wildman–Crippen MR) is 96.7 cm³/mol. The van der Waals surface area contributed by atoms with Gasteiger partial charge in [0, 0.05) is 17.8 Å². The Morgan fingerprint density at radius 1 is 0.962 bits per heavy atom. The molecule has 0 unspecified atom stereocenters. The zero-order valence-electron chi connectivity index (χ0n) is 14.0. The van der Waals surface area contributed by atoms with Gasteiger partial charge in [-0.25, -0.2) is 4.39 Å². The van der Waals surface area contributed by atoms with Crippen molar-refractivity contribution in [1.82, 2.24) is 4.57 Å². The molecule has 0 bridgehead atoms. The van der Waals surface area contributed by atoms with E-state index in [-0.39, 0.29) is 17.4 Å². The van der Waals surface area contributed by atoms with E-state index in [9.17, 15) is 14.0 Å². The number of aromatic nitrogens is 1. The number of amides is 1. The molecule has 0 radical (unpaired) electrons. The van der Waals surface area contributed by atoms with Gasteiger partial charge < -0.3 is 9.88 Å². The van der Waals surface area contributed by atoms with Crippen LogP contribution in [0.25, 0.3) is 0 Å². The molecule has 1 aliphatic rings. The molecular formula is C21H17FN2O2. The number of nitrogens with one attached hydrogen (secondary N) is 1. The van der Waals surface area contributed by atoms with Crippen molar-refractivity contribution < 1.29 is 14.0 Å². The highest BCUT2D eigenvalue weighted by atomic mass is 19.1. The van der Waals surface area contributed by atoms with Crippen LogP contribution in [0.1, 0.15) is 34.1 Å². The lowest BCUT2D eigenvalue weighted by atomic mass is 10.0. The first-order chi connectivity index (χ1) is 12.6. The first-order valence-corrected chi connectivity index (χ1v) is 8.49. The molecule has 130 valence electrons. The Kier molecular flexibility index (Phi) is 4.13. The average Bonchev–Trinajstić information content (AvgIpc) is 3.25. The van der Waals surface area contributed by atoms with E-state index in [2.05, 4.69) is 5.32 Å². The maximum atomic E-state index is 13.8. The van der Waals surface area contributed by atoms with E-state index in [1.165, 1.54) is 12.1 Å². The Labute approximate surface area is 150 Å². The third kappa shape index (κ3) is 2.81. The quantitative estimate of drug-likeness (QED) is 0.725. The normalized spacial score (nSPS) is 15.5. The number of fused-ring (bicyclic) bond motifs is 1. The van der Waals surface area contributed by atoms with Gasteiger partial charge in [-0.05, 0) is 30.7 Å². The molecule has 1 N–H and O–H groups in total. The van der Waals surface area contributed by atoms with E-state index >= 15 is 0 Å². The number of hydrogen-bond acceptors (Lipinski definition) is 2. The van der Waals surface area contributed by atoms with E-state index < -0.39 is 11.7 Å². The standard InChI is InChI=1S/C21H17FN2O2/c22-16-8-4-5-9-17(16)23-21(26)15-12-13-24-18(15)10-11-19(24)20(25)14-6-2-1-3-7-14/h1-11,15H,12-13H2,(H,23,26)/t15-/m0/s1. The Balaban J connectivity index is 1.58. The zero-order chi connectivity index (χ0) is 18.1. The predicted octanol–water partition coefficient (Wildman–Crippen LogP) is 3.98. The number of rotatable bonds is 4. The SMILES string of the molecule is O=C(c1ccccc1)c1ccc2n1CC[C@@H]2C(=O)Nc1ccccc1F. The number of ketones is 1. The number of benzene rings is 2. The van der Waals surface area contributed by atoms with Gasteiger partial charge in [-0.1, -0.05) is 42.5 Å². The third-order valence-electron chi connectivity index (χ3n) is 4.73. The van der Waals surface area contributed by atoms with Gasteiger partial charge in [0.2, 0.25) is 11.7 Å². The van der Waals surface area contributed by atoms with Crippen LogP contribution in [-0.4, -0.2) is 16.3 Å². The highest BCUT2D eigenvalue weighted by Gasteiger charge is 2.32. The minimum atomic E-state index is -0.464. The van der Waals surface area contributed by atoms with Gasteiger partial charge in [-0.3, -0.25) is 9.59 Å². The molecule has 1 amide bonds. The minimum absolute atomic E-state index is 0.0630. The molecule has 4 rings (SSSR count). The van der Waals surface area contributed by atoms with Gasteiger partial charge in [0.1, 0.15) is 5.82 Å². The van der Waals surface area contributed by atoms with Crippen LogP contribution in [-0.2, 0) is 11.3 Å². The summed E-state index contributed by atoms with van der Waals surface area (Å²) in [6.07, 6.45) is 0.589. The first kappa shape index (κ1) is 16.3. The fraction of sp³-hybridized carbons (Fsp3) is 0.143. The Morgan fingerprint density at radius 3 is 2.46 bits per heavy atom. The van der Waals surface area contributed by atoms with Crippen LogP contribution >= 0.6 is 0 Å². The van der Waals surface area contributed by atoms with Crippen molar-refractivity contribution in [3.05, 3.63) is 89.5 Å². The van der Waals surface area contributed by atoms with Crippen molar-refractivity contribution in [3.63, 3.8) is 0 Å². The third-order valence-corrected chi connectivity index (χ3v) is 4.73. The summed E-state index contributed by atoms with van der Waals surface area (Å²) in [6.45, 7) is 0.589. The van der Waals surface area contributed by atoms with Gasteiger partial charge >= 0.3 is 0 Å². The van der Waals surface area contributed by atoms with E-state index in [0.717, 1.165) is 5.69 Å². The fourth-order valence-electron chi connectivity index (χ4n) is 3.43. The van der Waals surface area contributed by atoms with Gasteiger partial charge in [0.05, 0.1) is 17.3 Å². The van der Waals surface area contributed by atoms with Crippen LogP contribution in [0, 0.1) is 5.82 Å². The smallest absolute Gasteiger partial charge is 0.233 e. The molecule has 2 aromatic carbocycles. The molecule has 1 aromatic heterocycles. The molecule has 4 nitrogen and oxygen atoms in total. The van der Waals surface area contributed by atoms with E-state index in [4.69, 9.17) is 0 Å². The van der Waals surface area contributed by atoms with Gasteiger partial charge in [-0.15, -0.1) is 0 Å². The van der Waals surface area contributed by atoms with Gasteiger partial charge in [-0.2, -0.15) is 0 Å². The van der Waals surface area contributed by atoms with Crippen LogP contribution in [0.2, 0.25) is 0 Å². The molecule has 3 aromatic rings. The second kappa shape index (κ2) is 6.59. The van der Waals surface area contributed by atoms with E-state index in [1.807, 2.05) is 28.8 Å². The highest BCUT2D eigenvalue weighted by molar-refractivity contribution is 6.08. The molecule has 1 aliphatic heterocycles. The summed E-state index contributed by atoms with van der Waals surface area (Å²) in [7, 11) is 0. The largest absolute Gasteiger partial charge is 0.341 e. The second-order valence-corrected chi connectivity index (χ2v) is 6.30. The fourth-order valence-corrected chi connectivity index (χ4v) is 3.43. The van der Waals surface area contributed by atoms with Crippen molar-refractivity contribution in [2.45, 2.75) is 18.9 Å². The van der Waals surface area contributed by atoms with Crippen LogP contribution in [0.4, 0.5) is 10.1 Å². The van der Waals surface area contributed by atoms with Crippen molar-refractivity contribution in [2.75, 3.05) is 5.32 Å². The summed E-state index contributed by atoms with van der Waals surface area (Å²) in [5, 5.41) is 2.65. The number of halogens is 1. The Morgan fingerprint density at radius 2 is 1.69 bits per heavy atom. The van der Waals surface area contributed by atoms with Crippen molar-refractivity contribution in [3.8, 4) is 0 Å². The minimum Gasteiger partial charge on any atom is -0.341 e. The van der Waals surface area contributed by atoms with E-state index in [1.54, 1.807) is 30.3 Å². The maximum Gasteiger partial charge on any atom is 0.233 e. The summed E-state index contributed by atoms with van der Waals surface area (Å²) in [5.74, 6) is -1.18. The summed E-state index contributed by atoms with van der Waals surface area (Å²) in [6, 6.07) is 18.7. The number of anilines is 1. The lowest BCUT2D eigenvalue weighted by Crippen LogP contribution is -2.20. The molecule has 0 fully saturated rings. The topological polar surface area (TPSA) is 51.1 Å². The number of hydrogen-bond donors (Lipinski definition) is 1. The molecular weight excluding hydrogens is 331 g/mol. The van der Waals surface area contributed by atoms with Crippen LogP contribution in [0.5, 0.6) is 0 Å². The van der Waals surface area contributed by atoms with Crippen LogP contribution < -0.4 is 5.32 Å². The monoisotopic (exact) mass is 348 g/mol. The summed E-state index contributed by atoms with van der Waals surface area (Å²) in [5.41, 5.74) is 2.15. The average molecular weight is 348 g/mol. The maximum absolute atomic E-state index is 13.8. The van der Waals surface area contributed by atoms with Crippen LogP contribution in [0.3, 0.4) is 0 Å². The van der Waals surface area contributed by atoms with E-state index in [0.29, 0.717) is 24.2 Å². The first-order valence-electron chi connectivity index (χ1n) is 8.49. The number of para-hydroxylation sites is 1. The lowest BCUT2D eigenvalue weighted by Gasteiger charge is -2.11. The van der Waals surface area contributed by atoms with Gasteiger partial charge in [0.25, 0.3) is 0 Å². The number of carbonyl (C=O) groups excluding carboxylic acids is 2. The Hall–Kier alpha value is -3.21. The molecule has 2 heterocycles. The molecule has 0 saturated carbocycles. The molecule has 0 aliphatic carbocycles. The molecule has 0 saturated heterocycles. The van der Waals surface area contributed by atoms with Crippen molar-refractivity contribution in [1.29, 1.82) is 0 Å². The molecule has 1 atom stereocenters. The van der Waals surface area contributed by atoms with Crippen molar-refractivity contribution in [2.24, 2.45) is 0 Å². The second-order valence-electron chi connectivity index (χ2n) is 6.30. The zero-order valence-corrected chi connectivity index (χ0v) is 14.0. The summed E-state index contributed by atoms with van der Waals surface area (Å²) >= 11 is 0. The summed E-state index contributed by atoms with van der Waals surface area (Å²) < 4.78 is 15.7. The summed E-state index contributed by atoms with van der Waals surface area (Å²) in [4.78, 5) is 25.3. The highest BCUT2D eigenvalue weighted by Crippen LogP contribution is 2.32. The molecule has 26 heavy (non-hydrogen) atoms. The lowest BCUT2D eigenvalue weighted by molar-refractivity contribution is -0.117. The van der Waals surface area contributed by atoms with Crippen molar-refractivity contribution >= 4 is 17.4 Å². The Bertz CT molecular complexity index is 979. The number of nitrogens with zero attached hydrogens (tertiary/aromatic N) is 1. The van der Waals surface area contributed by atoms with Crippen LogP contribution in [0.15, 0.2) is 66.7 Å². The molecule has 0 spiro atoms.